The first kappa shape index (κ1) is 12.0. The van der Waals surface area contributed by atoms with Crippen LogP contribution in [0.15, 0.2) is 24.3 Å². The standard InChI is InChI=1S/C11H14ClNO2/c1-13(7-6-11(14)15)8-9-2-4-10(12)5-3-9/h2-5H,6-8H2,1H3,(H,14,15). The van der Waals surface area contributed by atoms with Crippen LogP contribution in [0.1, 0.15) is 12.0 Å². The molecule has 1 aromatic carbocycles. The van der Waals surface area contributed by atoms with E-state index in [1.54, 1.807) is 0 Å². The van der Waals surface area contributed by atoms with Crippen molar-refractivity contribution in [3.05, 3.63) is 34.9 Å². The lowest BCUT2D eigenvalue weighted by atomic mass is 10.2. The van der Waals surface area contributed by atoms with Gasteiger partial charge in [-0.05, 0) is 12.1 Å². The number of hydrogen-bond donors (Lipinski definition) is 1. The molecule has 1 unspecified atom stereocenters. The number of carboxylic acids is 1. The second-order valence-corrected chi connectivity index (χ2v) is 4.07. The van der Waals surface area contributed by atoms with Crippen LogP contribution in [0.5, 0.6) is 0 Å². The summed E-state index contributed by atoms with van der Waals surface area (Å²) in [5, 5.41) is 11.0. The molecule has 4 heteroatoms. The van der Waals surface area contributed by atoms with Gasteiger partial charge in [-0.15, -0.1) is 0 Å². The highest BCUT2D eigenvalue weighted by Gasteiger charge is 2.03. The van der Waals surface area contributed by atoms with Gasteiger partial charge in [0.2, 0.25) is 0 Å². The Morgan fingerprint density at radius 1 is 1.40 bits per heavy atom. The molecule has 3 nitrogen and oxygen atoms in total. The highest BCUT2D eigenvalue weighted by molar-refractivity contribution is 6.30. The molecule has 0 aliphatic heterocycles. The number of carboxylic acid groups (broad SMARTS) is 1. The van der Waals surface area contributed by atoms with E-state index in [0.717, 1.165) is 17.0 Å². The van der Waals surface area contributed by atoms with Crippen LogP contribution >= 0.6 is 11.6 Å². The normalized spacial score (nSPS) is 12.4. The minimum Gasteiger partial charge on any atom is -0.550 e. The minimum absolute atomic E-state index is 0.0966. The van der Waals surface area contributed by atoms with Crippen LogP contribution in [0.4, 0.5) is 0 Å². The summed E-state index contributed by atoms with van der Waals surface area (Å²) in [5.74, 6) is -0.995. The molecule has 0 aromatic heterocycles. The number of nitrogens with one attached hydrogen (secondary N) is 1. The molecule has 0 fully saturated rings. The maximum atomic E-state index is 10.3. The maximum absolute atomic E-state index is 10.3. The van der Waals surface area contributed by atoms with Gasteiger partial charge in [-0.3, -0.25) is 0 Å². The Morgan fingerprint density at radius 2 is 2.00 bits per heavy atom. The summed E-state index contributed by atoms with van der Waals surface area (Å²) >= 11 is 5.76. The number of rotatable bonds is 5. The predicted molar refractivity (Wildman–Crippen MR) is 56.5 cm³/mol. The van der Waals surface area contributed by atoms with Crippen LogP contribution < -0.4 is 10.0 Å². The molecule has 0 amide bonds. The third-order valence-electron chi connectivity index (χ3n) is 2.18. The van der Waals surface area contributed by atoms with Crippen LogP contribution in [-0.4, -0.2) is 19.6 Å². The number of hydrogen-bond acceptors (Lipinski definition) is 2. The lowest BCUT2D eigenvalue weighted by molar-refractivity contribution is -0.893. The zero-order valence-electron chi connectivity index (χ0n) is 8.63. The average molecular weight is 228 g/mol. The number of aliphatic carboxylic acids is 1. The summed E-state index contributed by atoms with van der Waals surface area (Å²) in [6.45, 7) is 1.37. The van der Waals surface area contributed by atoms with Gasteiger partial charge in [-0.25, -0.2) is 0 Å². The third-order valence-corrected chi connectivity index (χ3v) is 2.43. The van der Waals surface area contributed by atoms with E-state index in [-0.39, 0.29) is 6.42 Å². The van der Waals surface area contributed by atoms with Crippen LogP contribution in [0.3, 0.4) is 0 Å². The van der Waals surface area contributed by atoms with Crippen molar-refractivity contribution >= 4 is 17.6 Å². The van der Waals surface area contributed by atoms with Gasteiger partial charge < -0.3 is 14.8 Å². The summed E-state index contributed by atoms with van der Waals surface area (Å²) in [5.41, 5.74) is 1.15. The van der Waals surface area contributed by atoms with Crippen molar-refractivity contribution in [2.75, 3.05) is 13.6 Å². The molecule has 82 valence electrons. The first-order chi connectivity index (χ1) is 7.08. The molecule has 0 saturated carbocycles. The summed E-state index contributed by atoms with van der Waals surface area (Å²) < 4.78 is 0. The van der Waals surface area contributed by atoms with Crippen molar-refractivity contribution in [1.82, 2.24) is 0 Å². The molecule has 0 aliphatic carbocycles. The first-order valence-electron chi connectivity index (χ1n) is 4.83. The fraction of sp³-hybridized carbons (Fsp3) is 0.364. The average Bonchev–Trinajstić information content (AvgIpc) is 2.19. The smallest absolute Gasteiger partial charge is 0.103 e. The lowest BCUT2D eigenvalue weighted by Gasteiger charge is -2.14. The van der Waals surface area contributed by atoms with E-state index in [2.05, 4.69) is 0 Å². The number of benzene rings is 1. The van der Waals surface area contributed by atoms with Crippen molar-refractivity contribution in [2.24, 2.45) is 0 Å². The van der Waals surface area contributed by atoms with Crippen molar-refractivity contribution < 1.29 is 14.8 Å². The minimum atomic E-state index is -0.995. The summed E-state index contributed by atoms with van der Waals surface area (Å²) in [6.07, 6.45) is 0.0966. The fourth-order valence-electron chi connectivity index (χ4n) is 1.35. The molecule has 1 N–H and O–H groups in total. The van der Waals surface area contributed by atoms with Gasteiger partial charge in [0.25, 0.3) is 0 Å². The molecule has 0 aliphatic rings. The quantitative estimate of drug-likeness (QED) is 0.737. The Kier molecular flexibility index (Phi) is 4.59. The third kappa shape index (κ3) is 4.81. The summed E-state index contributed by atoms with van der Waals surface area (Å²) in [7, 11) is 1.96. The van der Waals surface area contributed by atoms with Gasteiger partial charge >= 0.3 is 0 Å². The second-order valence-electron chi connectivity index (χ2n) is 3.63. The van der Waals surface area contributed by atoms with E-state index in [1.807, 2.05) is 31.3 Å². The molecular weight excluding hydrogens is 214 g/mol. The Balaban J connectivity index is 2.40. The Hall–Kier alpha value is -1.06. The van der Waals surface area contributed by atoms with Crippen LogP contribution in [0.25, 0.3) is 0 Å². The van der Waals surface area contributed by atoms with E-state index in [9.17, 15) is 9.90 Å². The number of carbonyl (C=O) groups excluding carboxylic acids is 1. The van der Waals surface area contributed by atoms with E-state index in [4.69, 9.17) is 11.6 Å². The fourth-order valence-corrected chi connectivity index (χ4v) is 1.48. The van der Waals surface area contributed by atoms with Crippen LogP contribution in [-0.2, 0) is 11.3 Å². The highest BCUT2D eigenvalue weighted by atomic mass is 35.5. The summed E-state index contributed by atoms with van der Waals surface area (Å²) in [6, 6.07) is 7.57. The van der Waals surface area contributed by atoms with Crippen molar-refractivity contribution in [3.8, 4) is 0 Å². The SMILES string of the molecule is C[NH+](CCC(=O)[O-])Cc1ccc(Cl)cc1. The van der Waals surface area contributed by atoms with Gasteiger partial charge in [-0.2, -0.15) is 0 Å². The topological polar surface area (TPSA) is 44.6 Å². The lowest BCUT2D eigenvalue weighted by Crippen LogP contribution is -3.07. The molecule has 0 saturated heterocycles. The summed E-state index contributed by atoms with van der Waals surface area (Å²) in [4.78, 5) is 11.4. The van der Waals surface area contributed by atoms with Gasteiger partial charge in [0.15, 0.2) is 0 Å². The van der Waals surface area contributed by atoms with Gasteiger partial charge in [0.1, 0.15) is 6.54 Å². The molecule has 1 atom stereocenters. The number of quaternary nitrogens is 1. The second kappa shape index (κ2) is 5.73. The monoisotopic (exact) mass is 227 g/mol. The molecule has 1 aromatic rings. The highest BCUT2D eigenvalue weighted by Crippen LogP contribution is 2.08. The number of carbonyl (C=O) groups is 1. The van der Waals surface area contributed by atoms with Crippen LogP contribution in [0.2, 0.25) is 5.02 Å². The molecule has 15 heavy (non-hydrogen) atoms. The molecule has 0 heterocycles. The van der Waals surface area contributed by atoms with Crippen molar-refractivity contribution in [2.45, 2.75) is 13.0 Å². The Labute approximate surface area is 94.3 Å². The first-order valence-corrected chi connectivity index (χ1v) is 5.21. The zero-order valence-corrected chi connectivity index (χ0v) is 9.38. The van der Waals surface area contributed by atoms with Gasteiger partial charge in [-0.1, -0.05) is 23.7 Å². The molecule has 1 rings (SSSR count). The van der Waals surface area contributed by atoms with Crippen LogP contribution in [0, 0.1) is 0 Å². The zero-order chi connectivity index (χ0) is 11.3. The predicted octanol–water partition coefficient (Wildman–Crippen LogP) is -0.505. The molecule has 0 spiro atoms. The maximum Gasteiger partial charge on any atom is 0.103 e. The molecule has 0 bridgehead atoms. The van der Waals surface area contributed by atoms with E-state index in [1.165, 1.54) is 0 Å². The Bertz CT molecular complexity index is 324. The van der Waals surface area contributed by atoms with Gasteiger partial charge in [0, 0.05) is 23.0 Å². The van der Waals surface area contributed by atoms with E-state index >= 15 is 0 Å². The van der Waals surface area contributed by atoms with Crippen molar-refractivity contribution in [1.29, 1.82) is 0 Å². The van der Waals surface area contributed by atoms with E-state index < -0.39 is 5.97 Å². The van der Waals surface area contributed by atoms with Gasteiger partial charge in [0.05, 0.1) is 13.6 Å². The molecular formula is C11H14ClNO2. The number of halogens is 1. The van der Waals surface area contributed by atoms with Crippen molar-refractivity contribution in [3.63, 3.8) is 0 Å². The Morgan fingerprint density at radius 3 is 2.53 bits per heavy atom. The molecule has 0 radical (unpaired) electrons. The largest absolute Gasteiger partial charge is 0.550 e. The van der Waals surface area contributed by atoms with E-state index in [0.29, 0.717) is 11.6 Å².